The summed E-state index contributed by atoms with van der Waals surface area (Å²) >= 11 is 3.46. The first kappa shape index (κ1) is 14.3. The summed E-state index contributed by atoms with van der Waals surface area (Å²) in [4.78, 5) is 12.3. The Morgan fingerprint density at radius 1 is 1.05 bits per heavy atom. The standard InChI is InChI=1S/C17H19BrO/c1-3-12(4-2)9-17(19)15-6-5-14-11-16(18)8-7-13(14)10-15/h5-8,10-12H,3-4,9H2,1-2H3. The number of halogens is 1. The van der Waals surface area contributed by atoms with Gasteiger partial charge in [0.05, 0.1) is 0 Å². The summed E-state index contributed by atoms with van der Waals surface area (Å²) in [5, 5.41) is 2.28. The van der Waals surface area contributed by atoms with Gasteiger partial charge in [-0.3, -0.25) is 4.79 Å². The fourth-order valence-electron chi connectivity index (χ4n) is 2.35. The molecule has 2 rings (SSSR count). The average Bonchev–Trinajstić information content (AvgIpc) is 2.43. The van der Waals surface area contributed by atoms with Crippen LogP contribution < -0.4 is 0 Å². The molecule has 0 fully saturated rings. The topological polar surface area (TPSA) is 17.1 Å². The third-order valence-electron chi connectivity index (χ3n) is 3.75. The van der Waals surface area contributed by atoms with E-state index in [9.17, 15) is 4.79 Å². The molecule has 0 saturated carbocycles. The highest BCUT2D eigenvalue weighted by atomic mass is 79.9. The van der Waals surface area contributed by atoms with Gasteiger partial charge >= 0.3 is 0 Å². The predicted octanol–water partition coefficient (Wildman–Crippen LogP) is 5.61. The van der Waals surface area contributed by atoms with Crippen molar-refractivity contribution in [2.45, 2.75) is 33.1 Å². The van der Waals surface area contributed by atoms with Crippen LogP contribution >= 0.6 is 15.9 Å². The molecule has 19 heavy (non-hydrogen) atoms. The lowest BCUT2D eigenvalue weighted by Crippen LogP contribution is -2.07. The van der Waals surface area contributed by atoms with Crippen LogP contribution in [0.1, 0.15) is 43.5 Å². The highest BCUT2D eigenvalue weighted by molar-refractivity contribution is 9.10. The fraction of sp³-hybridized carbons (Fsp3) is 0.353. The van der Waals surface area contributed by atoms with Gasteiger partial charge in [0.25, 0.3) is 0 Å². The van der Waals surface area contributed by atoms with Crippen LogP contribution in [0, 0.1) is 5.92 Å². The van der Waals surface area contributed by atoms with Crippen molar-refractivity contribution >= 4 is 32.5 Å². The normalized spacial score (nSPS) is 11.2. The van der Waals surface area contributed by atoms with E-state index in [1.807, 2.05) is 30.3 Å². The zero-order valence-corrected chi connectivity index (χ0v) is 13.0. The minimum absolute atomic E-state index is 0.263. The lowest BCUT2D eigenvalue weighted by Gasteiger charge is -2.11. The molecule has 2 aromatic rings. The van der Waals surface area contributed by atoms with Gasteiger partial charge in [0.15, 0.2) is 5.78 Å². The smallest absolute Gasteiger partial charge is 0.163 e. The van der Waals surface area contributed by atoms with Gasteiger partial charge in [-0.1, -0.05) is 60.8 Å². The minimum Gasteiger partial charge on any atom is -0.294 e. The molecule has 0 aliphatic rings. The number of hydrogen-bond acceptors (Lipinski definition) is 1. The zero-order valence-electron chi connectivity index (χ0n) is 11.4. The van der Waals surface area contributed by atoms with Gasteiger partial charge in [0, 0.05) is 16.5 Å². The average molecular weight is 319 g/mol. The van der Waals surface area contributed by atoms with Crippen molar-refractivity contribution in [1.29, 1.82) is 0 Å². The Bertz CT molecular complexity index is 585. The van der Waals surface area contributed by atoms with E-state index in [2.05, 4.69) is 35.8 Å². The van der Waals surface area contributed by atoms with Crippen molar-refractivity contribution in [2.75, 3.05) is 0 Å². The maximum atomic E-state index is 12.3. The van der Waals surface area contributed by atoms with E-state index in [1.165, 1.54) is 0 Å². The van der Waals surface area contributed by atoms with Crippen LogP contribution in [0.3, 0.4) is 0 Å². The number of hydrogen-bond donors (Lipinski definition) is 0. The van der Waals surface area contributed by atoms with Crippen LogP contribution in [-0.2, 0) is 0 Å². The molecule has 2 aromatic carbocycles. The molecule has 0 atom stereocenters. The number of Topliss-reactive ketones (excluding diaryl/α,β-unsaturated/α-hetero) is 1. The molecule has 100 valence electrons. The summed E-state index contributed by atoms with van der Waals surface area (Å²) in [5.74, 6) is 0.770. The summed E-state index contributed by atoms with van der Waals surface area (Å²) in [6.45, 7) is 4.30. The van der Waals surface area contributed by atoms with E-state index in [0.29, 0.717) is 12.3 Å². The number of ketones is 1. The minimum atomic E-state index is 0.263. The van der Waals surface area contributed by atoms with Crippen molar-refractivity contribution in [2.24, 2.45) is 5.92 Å². The molecule has 0 spiro atoms. The Labute approximate surface area is 123 Å². The molecule has 0 N–H and O–H groups in total. The van der Waals surface area contributed by atoms with Crippen molar-refractivity contribution in [3.8, 4) is 0 Å². The Hall–Kier alpha value is -1.15. The van der Waals surface area contributed by atoms with Gasteiger partial charge in [-0.2, -0.15) is 0 Å². The highest BCUT2D eigenvalue weighted by Gasteiger charge is 2.12. The number of carbonyl (C=O) groups is 1. The second kappa shape index (κ2) is 6.33. The monoisotopic (exact) mass is 318 g/mol. The van der Waals surface area contributed by atoms with Crippen molar-refractivity contribution in [3.05, 3.63) is 46.4 Å². The van der Waals surface area contributed by atoms with Gasteiger partial charge in [-0.25, -0.2) is 0 Å². The molecule has 0 aliphatic carbocycles. The van der Waals surface area contributed by atoms with Crippen LogP contribution in [0.5, 0.6) is 0 Å². The number of rotatable bonds is 5. The van der Waals surface area contributed by atoms with Gasteiger partial charge in [0.2, 0.25) is 0 Å². The van der Waals surface area contributed by atoms with E-state index in [0.717, 1.165) is 33.7 Å². The second-order valence-corrected chi connectivity index (χ2v) is 5.93. The molecule has 1 nitrogen and oxygen atoms in total. The van der Waals surface area contributed by atoms with Crippen molar-refractivity contribution < 1.29 is 4.79 Å². The first-order valence-electron chi connectivity index (χ1n) is 6.86. The Balaban J connectivity index is 2.25. The largest absolute Gasteiger partial charge is 0.294 e. The zero-order chi connectivity index (χ0) is 13.8. The Morgan fingerprint density at radius 3 is 2.37 bits per heavy atom. The van der Waals surface area contributed by atoms with E-state index in [4.69, 9.17) is 0 Å². The van der Waals surface area contributed by atoms with Crippen LogP contribution in [-0.4, -0.2) is 5.78 Å². The third kappa shape index (κ3) is 3.44. The summed E-state index contributed by atoms with van der Waals surface area (Å²) in [6, 6.07) is 12.1. The fourth-order valence-corrected chi connectivity index (χ4v) is 2.73. The summed E-state index contributed by atoms with van der Waals surface area (Å²) in [5.41, 5.74) is 0.835. The van der Waals surface area contributed by atoms with Crippen LogP contribution in [0.4, 0.5) is 0 Å². The molecule has 2 heteroatoms. The number of benzene rings is 2. The lowest BCUT2D eigenvalue weighted by atomic mass is 9.93. The highest BCUT2D eigenvalue weighted by Crippen LogP contribution is 2.23. The first-order chi connectivity index (χ1) is 9.13. The summed E-state index contributed by atoms with van der Waals surface area (Å²) < 4.78 is 1.07. The molecule has 0 aliphatic heterocycles. The lowest BCUT2D eigenvalue weighted by molar-refractivity contribution is 0.0959. The van der Waals surface area contributed by atoms with Crippen LogP contribution in [0.15, 0.2) is 40.9 Å². The van der Waals surface area contributed by atoms with E-state index < -0.39 is 0 Å². The first-order valence-corrected chi connectivity index (χ1v) is 7.65. The number of fused-ring (bicyclic) bond motifs is 1. The molecule has 0 bridgehead atoms. The van der Waals surface area contributed by atoms with E-state index in [-0.39, 0.29) is 5.78 Å². The maximum Gasteiger partial charge on any atom is 0.163 e. The van der Waals surface area contributed by atoms with Gasteiger partial charge < -0.3 is 0 Å². The van der Waals surface area contributed by atoms with Crippen molar-refractivity contribution in [3.63, 3.8) is 0 Å². The Kier molecular flexibility index (Phi) is 4.76. The number of carbonyl (C=O) groups excluding carboxylic acids is 1. The van der Waals surface area contributed by atoms with Crippen LogP contribution in [0.2, 0.25) is 0 Å². The molecule has 0 unspecified atom stereocenters. The van der Waals surface area contributed by atoms with Crippen molar-refractivity contribution in [1.82, 2.24) is 0 Å². The predicted molar refractivity (Wildman–Crippen MR) is 84.7 cm³/mol. The van der Waals surface area contributed by atoms with Gasteiger partial charge in [-0.05, 0) is 34.9 Å². The van der Waals surface area contributed by atoms with E-state index >= 15 is 0 Å². The molecule has 0 amide bonds. The summed E-state index contributed by atoms with van der Waals surface area (Å²) in [6.07, 6.45) is 2.81. The molecular weight excluding hydrogens is 300 g/mol. The molecule has 0 radical (unpaired) electrons. The molecular formula is C17H19BrO. The second-order valence-electron chi connectivity index (χ2n) is 5.02. The summed E-state index contributed by atoms with van der Waals surface area (Å²) in [7, 11) is 0. The van der Waals surface area contributed by atoms with Gasteiger partial charge in [-0.15, -0.1) is 0 Å². The van der Waals surface area contributed by atoms with Gasteiger partial charge in [0.1, 0.15) is 0 Å². The molecule has 0 aromatic heterocycles. The SMILES string of the molecule is CCC(CC)CC(=O)c1ccc2cc(Br)ccc2c1. The maximum absolute atomic E-state index is 12.3. The van der Waals surface area contributed by atoms with E-state index in [1.54, 1.807) is 0 Å². The Morgan fingerprint density at radius 2 is 1.68 bits per heavy atom. The third-order valence-corrected chi connectivity index (χ3v) is 4.25. The quantitative estimate of drug-likeness (QED) is 0.655. The molecule has 0 saturated heterocycles. The molecule has 0 heterocycles. The van der Waals surface area contributed by atoms with Crippen LogP contribution in [0.25, 0.3) is 10.8 Å².